The molecule has 1 aromatic heterocycles. The average Bonchev–Trinajstić information content (AvgIpc) is 3.88. The summed E-state index contributed by atoms with van der Waals surface area (Å²) in [4.78, 5) is 2.29. The highest BCUT2D eigenvalue weighted by Gasteiger charge is 2.48. The Balaban J connectivity index is 0.865. The fourth-order valence-corrected chi connectivity index (χ4v) is 10.8. The molecule has 0 saturated carbocycles. The molecule has 65 heavy (non-hydrogen) atoms. The van der Waals surface area contributed by atoms with E-state index in [0.717, 1.165) is 40.4 Å². The van der Waals surface area contributed by atoms with Gasteiger partial charge in [-0.3, -0.25) is 0 Å². The number of ether oxygens (including phenoxy) is 2. The molecule has 0 spiro atoms. The highest BCUT2D eigenvalue weighted by atomic mass is 16.6. The van der Waals surface area contributed by atoms with E-state index in [2.05, 4.69) is 246 Å². The van der Waals surface area contributed by atoms with Crippen molar-refractivity contribution in [3.63, 3.8) is 0 Å². The zero-order valence-electron chi connectivity index (χ0n) is 35.5. The lowest BCUT2D eigenvalue weighted by Gasteiger charge is -2.34. The van der Waals surface area contributed by atoms with Gasteiger partial charge >= 0.3 is 0 Å². The zero-order valence-corrected chi connectivity index (χ0v) is 35.5. The number of fused-ring (bicyclic) bond motifs is 9. The Labute approximate surface area is 377 Å². The second-order valence-corrected chi connectivity index (χ2v) is 17.1. The largest absolute Gasteiger partial charge is 0.449 e. The first kappa shape index (κ1) is 37.2. The molecule has 13 rings (SSSR count). The minimum absolute atomic E-state index is 0.255. The van der Waals surface area contributed by atoms with Gasteiger partial charge in [-0.25, -0.2) is 0 Å². The van der Waals surface area contributed by atoms with Crippen LogP contribution in [0.25, 0.3) is 39.9 Å². The van der Waals surface area contributed by atoms with Crippen LogP contribution in [0, 0.1) is 0 Å². The molecule has 0 radical (unpaired) electrons. The van der Waals surface area contributed by atoms with E-state index in [0.29, 0.717) is 17.2 Å². The zero-order chi connectivity index (χ0) is 42.9. The van der Waals surface area contributed by atoms with E-state index in [9.17, 15) is 0 Å². The van der Waals surface area contributed by atoms with Gasteiger partial charge in [-0.15, -0.1) is 0 Å². The number of hydrogen-bond acceptors (Lipinski definition) is 3. The SMILES string of the molecule is C1=c2c(n(-c3ccccc3)c3ccccc23)=CCC1c1ccc(N(c2ccccc2)c2ccc3c(c2)Oc2ccc4c(c2O3)-c2ccccc2C4(c2ccccc2)c2ccccc2)cc1. The second kappa shape index (κ2) is 14.9. The number of nitrogens with zero attached hydrogens (tertiary/aromatic N) is 2. The number of anilines is 3. The summed E-state index contributed by atoms with van der Waals surface area (Å²) in [6.45, 7) is 0. The van der Waals surface area contributed by atoms with Gasteiger partial charge in [0.2, 0.25) is 0 Å². The molecule has 0 amide bonds. The van der Waals surface area contributed by atoms with Crippen molar-refractivity contribution >= 4 is 40.1 Å². The normalized spacial score (nSPS) is 14.9. The fourth-order valence-electron chi connectivity index (χ4n) is 10.8. The molecule has 1 aliphatic heterocycles. The monoisotopic (exact) mass is 834 g/mol. The van der Waals surface area contributed by atoms with Crippen LogP contribution < -0.4 is 24.9 Å². The van der Waals surface area contributed by atoms with E-state index in [-0.39, 0.29) is 5.92 Å². The van der Waals surface area contributed by atoms with Crippen LogP contribution >= 0.6 is 0 Å². The summed E-state index contributed by atoms with van der Waals surface area (Å²) in [5.41, 5.74) is 13.3. The number of aromatic nitrogens is 1. The molecule has 2 heterocycles. The number of para-hydroxylation sites is 3. The number of benzene rings is 9. The standard InChI is InChI=1S/C61H42N2O2/c1-5-17-43(18-6-1)61(44-19-7-2-8-20-44)52-27-15-13-26-50(52)59-53(61)35-38-57-60(59)65-56-37-34-48(40-58(56)64-57)62(45-21-9-3-10-22-45)47-32-29-41(30-33-47)42-31-36-55-51(39-42)49-25-14-16-28-54(49)63(55)46-23-11-4-12-24-46/h1-30,32-40,42H,31H2. The fraction of sp³-hybridized carbons (Fsp3) is 0.0492. The summed E-state index contributed by atoms with van der Waals surface area (Å²) in [5, 5.41) is 3.85. The first-order chi connectivity index (χ1) is 32.2. The Morgan fingerprint density at radius 3 is 1.86 bits per heavy atom. The summed E-state index contributed by atoms with van der Waals surface area (Å²) in [5.74, 6) is 3.06. The Bertz CT molecular complexity index is 3520. The smallest absolute Gasteiger partial charge is 0.178 e. The van der Waals surface area contributed by atoms with Gasteiger partial charge in [-0.2, -0.15) is 0 Å². The number of hydrogen-bond donors (Lipinski definition) is 0. The first-order valence-electron chi connectivity index (χ1n) is 22.4. The van der Waals surface area contributed by atoms with E-state index in [1.807, 2.05) is 0 Å². The maximum absolute atomic E-state index is 7.00. The molecule has 9 aromatic carbocycles. The Morgan fingerprint density at radius 1 is 0.492 bits per heavy atom. The van der Waals surface area contributed by atoms with Crippen molar-refractivity contribution in [3.05, 3.63) is 263 Å². The van der Waals surface area contributed by atoms with Gasteiger partial charge in [0.05, 0.1) is 16.6 Å². The Hall–Kier alpha value is -8.34. The third kappa shape index (κ3) is 5.77. The van der Waals surface area contributed by atoms with Crippen LogP contribution in [-0.4, -0.2) is 4.57 Å². The highest BCUT2D eigenvalue weighted by molar-refractivity contribution is 5.92. The van der Waals surface area contributed by atoms with Crippen LogP contribution in [0.2, 0.25) is 0 Å². The van der Waals surface area contributed by atoms with Crippen molar-refractivity contribution in [1.82, 2.24) is 4.57 Å². The molecule has 0 saturated heterocycles. The van der Waals surface area contributed by atoms with Crippen LogP contribution in [-0.2, 0) is 5.41 Å². The predicted molar refractivity (Wildman–Crippen MR) is 264 cm³/mol. The lowest BCUT2D eigenvalue weighted by Crippen LogP contribution is -2.31. The summed E-state index contributed by atoms with van der Waals surface area (Å²) >= 11 is 0. The molecular weight excluding hydrogens is 793 g/mol. The summed E-state index contributed by atoms with van der Waals surface area (Å²) < 4.78 is 16.3. The number of rotatable bonds is 7. The first-order valence-corrected chi connectivity index (χ1v) is 22.4. The summed E-state index contributed by atoms with van der Waals surface area (Å²) in [6.07, 6.45) is 5.81. The second-order valence-electron chi connectivity index (χ2n) is 17.1. The Morgan fingerprint density at radius 2 is 1.11 bits per heavy atom. The molecule has 4 nitrogen and oxygen atoms in total. The van der Waals surface area contributed by atoms with Crippen LogP contribution in [0.5, 0.6) is 23.0 Å². The molecule has 3 aliphatic rings. The quantitative estimate of drug-likeness (QED) is 0.160. The predicted octanol–water partition coefficient (Wildman–Crippen LogP) is 14.1. The van der Waals surface area contributed by atoms with E-state index < -0.39 is 5.41 Å². The van der Waals surface area contributed by atoms with Crippen molar-refractivity contribution in [1.29, 1.82) is 0 Å². The topological polar surface area (TPSA) is 26.6 Å². The van der Waals surface area contributed by atoms with Crippen molar-refractivity contribution in [2.24, 2.45) is 0 Å². The third-order valence-corrected chi connectivity index (χ3v) is 13.7. The van der Waals surface area contributed by atoms with Crippen LogP contribution in [0.15, 0.2) is 224 Å². The lowest BCUT2D eigenvalue weighted by atomic mass is 9.68. The molecule has 0 fully saturated rings. The van der Waals surface area contributed by atoms with Gasteiger partial charge < -0.3 is 18.9 Å². The van der Waals surface area contributed by atoms with Gasteiger partial charge in [0, 0.05) is 50.6 Å². The van der Waals surface area contributed by atoms with Crippen molar-refractivity contribution in [3.8, 4) is 39.8 Å². The maximum atomic E-state index is 7.00. The molecule has 2 aliphatic carbocycles. The lowest BCUT2D eigenvalue weighted by molar-refractivity contribution is 0.360. The van der Waals surface area contributed by atoms with E-state index in [4.69, 9.17) is 9.47 Å². The molecule has 308 valence electrons. The molecule has 10 aromatic rings. The summed E-state index contributed by atoms with van der Waals surface area (Å²) in [7, 11) is 0. The Kier molecular flexibility index (Phi) is 8.53. The molecule has 4 heteroatoms. The van der Waals surface area contributed by atoms with Crippen LogP contribution in [0.3, 0.4) is 0 Å². The molecule has 0 N–H and O–H groups in total. The molecular formula is C61H42N2O2. The van der Waals surface area contributed by atoms with E-state index >= 15 is 0 Å². The molecule has 1 atom stereocenters. The average molecular weight is 835 g/mol. The van der Waals surface area contributed by atoms with E-state index in [1.165, 1.54) is 55.0 Å². The van der Waals surface area contributed by atoms with Gasteiger partial charge in [0.15, 0.2) is 23.0 Å². The van der Waals surface area contributed by atoms with Crippen molar-refractivity contribution < 1.29 is 9.47 Å². The van der Waals surface area contributed by atoms with Crippen molar-refractivity contribution in [2.75, 3.05) is 4.90 Å². The van der Waals surface area contributed by atoms with Crippen LogP contribution in [0.4, 0.5) is 17.1 Å². The van der Waals surface area contributed by atoms with Crippen molar-refractivity contribution in [2.45, 2.75) is 17.8 Å². The third-order valence-electron chi connectivity index (χ3n) is 13.7. The van der Waals surface area contributed by atoms with Gasteiger partial charge in [0.25, 0.3) is 0 Å². The van der Waals surface area contributed by atoms with Gasteiger partial charge in [0.1, 0.15) is 0 Å². The van der Waals surface area contributed by atoms with Gasteiger partial charge in [-0.1, -0.05) is 170 Å². The molecule has 1 unspecified atom stereocenters. The minimum atomic E-state index is -0.526. The highest BCUT2D eigenvalue weighted by Crippen LogP contribution is 2.62. The minimum Gasteiger partial charge on any atom is -0.449 e. The molecule has 0 bridgehead atoms. The summed E-state index contributed by atoms with van der Waals surface area (Å²) in [6, 6.07) is 80.1. The van der Waals surface area contributed by atoms with E-state index in [1.54, 1.807) is 0 Å². The maximum Gasteiger partial charge on any atom is 0.178 e. The van der Waals surface area contributed by atoms with Crippen LogP contribution in [0.1, 0.15) is 40.2 Å². The van der Waals surface area contributed by atoms with Gasteiger partial charge in [-0.05, 0) is 100 Å².